The molecule has 162 valence electrons. The van der Waals surface area contributed by atoms with Gasteiger partial charge in [0.15, 0.2) is 0 Å². The van der Waals surface area contributed by atoms with Gasteiger partial charge in [-0.2, -0.15) is 0 Å². The highest BCUT2D eigenvalue weighted by Gasteiger charge is 2.29. The molecule has 1 unspecified atom stereocenters. The smallest absolute Gasteiger partial charge is 0.268 e. The van der Waals surface area contributed by atoms with Crippen molar-refractivity contribution in [3.63, 3.8) is 0 Å². The normalized spacial score (nSPS) is 15.1. The summed E-state index contributed by atoms with van der Waals surface area (Å²) in [6, 6.07) is 6.55. The maximum Gasteiger partial charge on any atom is 0.268 e. The fraction of sp³-hybridized carbons (Fsp3) is 0.286. The van der Waals surface area contributed by atoms with Crippen LogP contribution >= 0.6 is 23.2 Å². The molecule has 0 aliphatic carbocycles. The first-order valence-electron chi connectivity index (χ1n) is 9.66. The predicted octanol–water partition coefficient (Wildman–Crippen LogP) is 3.21. The molecule has 2 aromatic heterocycles. The molecule has 3 aromatic rings. The zero-order chi connectivity index (χ0) is 22.0. The van der Waals surface area contributed by atoms with E-state index in [9.17, 15) is 14.0 Å². The van der Waals surface area contributed by atoms with Crippen LogP contribution in [-0.2, 0) is 16.0 Å². The van der Waals surface area contributed by atoms with Crippen molar-refractivity contribution in [1.82, 2.24) is 20.2 Å². The van der Waals surface area contributed by atoms with Crippen LogP contribution in [0.25, 0.3) is 11.0 Å². The van der Waals surface area contributed by atoms with E-state index in [1.807, 2.05) is 0 Å². The van der Waals surface area contributed by atoms with Crippen LogP contribution in [0.5, 0.6) is 0 Å². The maximum atomic E-state index is 14.4. The number of hydrogen-bond acceptors (Lipinski definition) is 4. The van der Waals surface area contributed by atoms with Gasteiger partial charge in [-0.25, -0.2) is 9.37 Å². The zero-order valence-corrected chi connectivity index (χ0v) is 17.8. The van der Waals surface area contributed by atoms with E-state index in [1.54, 1.807) is 23.1 Å². The number of H-pyrrole nitrogens is 1. The van der Waals surface area contributed by atoms with Gasteiger partial charge in [0.05, 0.1) is 18.2 Å². The zero-order valence-electron chi connectivity index (χ0n) is 16.3. The molecule has 1 fully saturated rings. The molecule has 10 heteroatoms. The van der Waals surface area contributed by atoms with Gasteiger partial charge in [0.2, 0.25) is 5.91 Å². The molecule has 0 radical (unpaired) electrons. The Labute approximate surface area is 187 Å². The van der Waals surface area contributed by atoms with Gasteiger partial charge < -0.3 is 19.9 Å². The standard InChI is InChI=1S/C21H19Cl2FN4O3/c22-14-2-1-12(16(24)10-14)8-18(21(30)28-3-5-31-6-4-28)27-20(29)17-9-13-7-15(23)11-25-19(13)26-17/h1-2,7,9-11,18H,3-6,8H2,(H,25,26)(H,27,29). The molecular weight excluding hydrogens is 446 g/mol. The minimum absolute atomic E-state index is 0.0186. The summed E-state index contributed by atoms with van der Waals surface area (Å²) in [7, 11) is 0. The van der Waals surface area contributed by atoms with Crippen molar-refractivity contribution in [2.24, 2.45) is 0 Å². The van der Waals surface area contributed by atoms with E-state index >= 15 is 0 Å². The number of fused-ring (bicyclic) bond motifs is 1. The molecule has 1 aromatic carbocycles. The SMILES string of the molecule is O=C(NC(Cc1ccc(Cl)cc1F)C(=O)N1CCOCC1)c1cc2cc(Cl)cnc2[nH]1. The van der Waals surface area contributed by atoms with Gasteiger partial charge in [-0.1, -0.05) is 29.3 Å². The molecule has 31 heavy (non-hydrogen) atoms. The fourth-order valence-electron chi connectivity index (χ4n) is 3.46. The molecule has 7 nitrogen and oxygen atoms in total. The Hall–Kier alpha value is -2.68. The number of rotatable bonds is 5. The van der Waals surface area contributed by atoms with Crippen LogP contribution in [-0.4, -0.2) is 59.0 Å². The monoisotopic (exact) mass is 464 g/mol. The number of morpholine rings is 1. The van der Waals surface area contributed by atoms with Gasteiger partial charge >= 0.3 is 0 Å². The summed E-state index contributed by atoms with van der Waals surface area (Å²) < 4.78 is 19.7. The van der Waals surface area contributed by atoms with E-state index in [4.69, 9.17) is 27.9 Å². The summed E-state index contributed by atoms with van der Waals surface area (Å²) in [6.45, 7) is 1.64. The average Bonchev–Trinajstić information content (AvgIpc) is 3.18. The van der Waals surface area contributed by atoms with Crippen molar-refractivity contribution in [1.29, 1.82) is 0 Å². The largest absolute Gasteiger partial charge is 0.378 e. The quantitative estimate of drug-likeness (QED) is 0.606. The fourth-order valence-corrected chi connectivity index (χ4v) is 3.78. The molecule has 2 amide bonds. The number of aromatic nitrogens is 2. The van der Waals surface area contributed by atoms with Crippen molar-refractivity contribution in [2.75, 3.05) is 26.3 Å². The van der Waals surface area contributed by atoms with Gasteiger partial charge in [-0.3, -0.25) is 9.59 Å². The van der Waals surface area contributed by atoms with Gasteiger partial charge in [0, 0.05) is 36.1 Å². The molecule has 2 N–H and O–H groups in total. The Kier molecular flexibility index (Phi) is 6.41. The summed E-state index contributed by atoms with van der Waals surface area (Å²) in [5, 5.41) is 4.09. The second kappa shape index (κ2) is 9.21. The molecule has 1 aliphatic rings. The van der Waals surface area contributed by atoms with Crippen LogP contribution in [0.3, 0.4) is 0 Å². The van der Waals surface area contributed by atoms with Crippen molar-refractivity contribution in [3.8, 4) is 0 Å². The third-order valence-corrected chi connectivity index (χ3v) is 5.49. The number of nitrogens with one attached hydrogen (secondary N) is 2. The third-order valence-electron chi connectivity index (χ3n) is 5.05. The average molecular weight is 465 g/mol. The summed E-state index contributed by atoms with van der Waals surface area (Å²) in [4.78, 5) is 34.7. The molecule has 4 rings (SSSR count). The lowest BCUT2D eigenvalue weighted by Crippen LogP contribution is -2.52. The lowest BCUT2D eigenvalue weighted by Gasteiger charge is -2.30. The minimum atomic E-state index is -0.968. The van der Waals surface area contributed by atoms with E-state index in [0.717, 1.165) is 0 Å². The Bertz CT molecular complexity index is 1130. The van der Waals surface area contributed by atoms with Crippen LogP contribution < -0.4 is 5.32 Å². The lowest BCUT2D eigenvalue weighted by molar-refractivity contribution is -0.137. The van der Waals surface area contributed by atoms with E-state index in [-0.39, 0.29) is 28.6 Å². The summed E-state index contributed by atoms with van der Waals surface area (Å²) in [5.74, 6) is -1.34. The van der Waals surface area contributed by atoms with Crippen LogP contribution in [0.1, 0.15) is 16.1 Å². The van der Waals surface area contributed by atoms with Gasteiger partial charge in [-0.05, 0) is 29.8 Å². The van der Waals surface area contributed by atoms with Crippen LogP contribution in [0.2, 0.25) is 10.0 Å². The number of carbonyl (C=O) groups is 2. The highest BCUT2D eigenvalue weighted by Crippen LogP contribution is 2.19. The Morgan fingerprint density at radius 2 is 1.97 bits per heavy atom. The van der Waals surface area contributed by atoms with Crippen molar-refractivity contribution >= 4 is 46.0 Å². The number of hydrogen-bond donors (Lipinski definition) is 2. The summed E-state index contributed by atoms with van der Waals surface area (Å²) >= 11 is 11.8. The predicted molar refractivity (Wildman–Crippen MR) is 115 cm³/mol. The minimum Gasteiger partial charge on any atom is -0.378 e. The van der Waals surface area contributed by atoms with Crippen molar-refractivity contribution in [2.45, 2.75) is 12.5 Å². The number of halogens is 3. The number of ether oxygens (including phenoxy) is 1. The molecule has 3 heterocycles. The van der Waals surface area contributed by atoms with Crippen LogP contribution in [0.4, 0.5) is 4.39 Å². The number of carbonyl (C=O) groups excluding carboxylic acids is 2. The molecule has 0 saturated carbocycles. The first kappa shape index (κ1) is 21.5. The number of pyridine rings is 1. The van der Waals surface area contributed by atoms with Gasteiger partial charge in [0.25, 0.3) is 5.91 Å². The van der Waals surface area contributed by atoms with E-state index in [2.05, 4.69) is 15.3 Å². The third kappa shape index (κ3) is 4.98. The van der Waals surface area contributed by atoms with Crippen LogP contribution in [0.15, 0.2) is 36.5 Å². The topological polar surface area (TPSA) is 87.3 Å². The summed E-state index contributed by atoms with van der Waals surface area (Å²) in [6.07, 6.45) is 1.45. The number of amides is 2. The molecule has 1 saturated heterocycles. The number of benzene rings is 1. The molecular formula is C21H19Cl2FN4O3. The number of aromatic amines is 1. The molecule has 1 aliphatic heterocycles. The second-order valence-corrected chi connectivity index (χ2v) is 8.05. The van der Waals surface area contributed by atoms with E-state index in [0.29, 0.717) is 42.4 Å². The van der Waals surface area contributed by atoms with Crippen molar-refractivity contribution < 1.29 is 18.7 Å². The Morgan fingerprint density at radius 1 is 1.19 bits per heavy atom. The first-order valence-corrected chi connectivity index (χ1v) is 10.4. The van der Waals surface area contributed by atoms with Crippen molar-refractivity contribution in [3.05, 3.63) is 63.6 Å². The molecule has 0 bridgehead atoms. The highest BCUT2D eigenvalue weighted by molar-refractivity contribution is 6.31. The maximum absolute atomic E-state index is 14.4. The Balaban J connectivity index is 1.58. The second-order valence-electron chi connectivity index (χ2n) is 7.18. The molecule has 1 atom stereocenters. The Morgan fingerprint density at radius 3 is 2.71 bits per heavy atom. The van der Waals surface area contributed by atoms with E-state index in [1.165, 1.54) is 18.3 Å². The van der Waals surface area contributed by atoms with Crippen LogP contribution in [0, 0.1) is 5.82 Å². The lowest BCUT2D eigenvalue weighted by atomic mass is 10.0. The highest BCUT2D eigenvalue weighted by atomic mass is 35.5. The van der Waals surface area contributed by atoms with E-state index < -0.39 is 17.8 Å². The number of nitrogens with zero attached hydrogens (tertiary/aromatic N) is 2. The van der Waals surface area contributed by atoms with Gasteiger partial charge in [0.1, 0.15) is 23.2 Å². The summed E-state index contributed by atoms with van der Waals surface area (Å²) in [5.41, 5.74) is 0.997. The first-order chi connectivity index (χ1) is 14.9. The molecule has 0 spiro atoms. The van der Waals surface area contributed by atoms with Gasteiger partial charge in [-0.15, -0.1) is 0 Å².